The Morgan fingerprint density at radius 3 is 2.84 bits per heavy atom. The van der Waals surface area contributed by atoms with Crippen LogP contribution >= 0.6 is 11.8 Å². The van der Waals surface area contributed by atoms with Gasteiger partial charge >= 0.3 is 5.97 Å². The van der Waals surface area contributed by atoms with Gasteiger partial charge in [-0.3, -0.25) is 10.1 Å². The number of carbonyl (C=O) groups is 1. The molecule has 0 fully saturated rings. The lowest BCUT2D eigenvalue weighted by molar-refractivity contribution is -0.145. The van der Waals surface area contributed by atoms with Crippen molar-refractivity contribution >= 4 is 17.7 Å². The topological polar surface area (TPSA) is 75.4 Å². The van der Waals surface area contributed by atoms with Gasteiger partial charge < -0.3 is 9.52 Å². The van der Waals surface area contributed by atoms with E-state index in [0.717, 1.165) is 12.2 Å². The Labute approximate surface area is 118 Å². The van der Waals surface area contributed by atoms with Crippen LogP contribution in [-0.2, 0) is 4.79 Å². The molecule has 0 saturated carbocycles. The van der Waals surface area contributed by atoms with Crippen LogP contribution < -0.4 is 5.32 Å². The second-order valence-electron chi connectivity index (χ2n) is 4.79. The minimum atomic E-state index is -0.828. The molecule has 0 aliphatic rings. The number of aliphatic carboxylic acids is 1. The van der Waals surface area contributed by atoms with Crippen molar-refractivity contribution in [2.45, 2.75) is 56.8 Å². The second-order valence-corrected chi connectivity index (χ2v) is 5.84. The van der Waals surface area contributed by atoms with E-state index in [1.165, 1.54) is 18.0 Å². The fraction of sp³-hybridized carbons (Fsp3) is 0.692. The zero-order valence-corrected chi connectivity index (χ0v) is 12.5. The summed E-state index contributed by atoms with van der Waals surface area (Å²) >= 11 is 1.51. The van der Waals surface area contributed by atoms with Crippen LogP contribution in [0.1, 0.15) is 40.0 Å². The first-order valence-corrected chi connectivity index (χ1v) is 7.52. The smallest absolute Gasteiger partial charge is 0.323 e. The Morgan fingerprint density at radius 2 is 2.37 bits per heavy atom. The number of carboxylic acids is 1. The van der Waals surface area contributed by atoms with E-state index in [2.05, 4.69) is 10.3 Å². The van der Waals surface area contributed by atoms with Gasteiger partial charge in [0.15, 0.2) is 0 Å². The first-order valence-electron chi connectivity index (χ1n) is 6.53. The lowest BCUT2D eigenvalue weighted by Crippen LogP contribution is -2.54. The maximum absolute atomic E-state index is 11.5. The molecule has 6 heteroatoms. The zero-order valence-electron chi connectivity index (χ0n) is 11.7. The maximum Gasteiger partial charge on any atom is 0.323 e. The van der Waals surface area contributed by atoms with Crippen LogP contribution in [0.25, 0.3) is 0 Å². The van der Waals surface area contributed by atoms with Gasteiger partial charge in [0.2, 0.25) is 0 Å². The second kappa shape index (κ2) is 7.55. The van der Waals surface area contributed by atoms with Gasteiger partial charge in [0.1, 0.15) is 11.8 Å². The highest BCUT2D eigenvalue weighted by atomic mass is 32.2. The highest BCUT2D eigenvalue weighted by Gasteiger charge is 2.36. The third kappa shape index (κ3) is 4.87. The van der Waals surface area contributed by atoms with Gasteiger partial charge in [0.25, 0.3) is 5.22 Å². The summed E-state index contributed by atoms with van der Waals surface area (Å²) in [5.41, 5.74) is -0.828. The van der Waals surface area contributed by atoms with Crippen LogP contribution in [-0.4, -0.2) is 33.4 Å². The summed E-state index contributed by atoms with van der Waals surface area (Å²) in [6.07, 6.45) is 5.12. The van der Waals surface area contributed by atoms with Crippen LogP contribution in [0.5, 0.6) is 0 Å². The molecule has 0 amide bonds. The standard InChI is InChI=1S/C13H22N2O3S/c1-4-13(11(16)17,15-10(2)3)6-5-9-19-12-14-7-8-18-12/h7-8,10,15H,4-6,9H2,1-3H3,(H,16,17). The van der Waals surface area contributed by atoms with Crippen molar-refractivity contribution in [1.82, 2.24) is 10.3 Å². The van der Waals surface area contributed by atoms with Gasteiger partial charge in [-0.1, -0.05) is 18.7 Å². The van der Waals surface area contributed by atoms with E-state index in [1.807, 2.05) is 20.8 Å². The van der Waals surface area contributed by atoms with Crippen molar-refractivity contribution in [3.63, 3.8) is 0 Å². The van der Waals surface area contributed by atoms with Crippen molar-refractivity contribution in [2.24, 2.45) is 0 Å². The number of nitrogens with one attached hydrogen (secondary N) is 1. The molecule has 1 aromatic heterocycles. The number of oxazole rings is 1. The van der Waals surface area contributed by atoms with Crippen molar-refractivity contribution in [2.75, 3.05) is 5.75 Å². The molecule has 0 spiro atoms. The molecule has 0 aliphatic heterocycles. The van der Waals surface area contributed by atoms with E-state index < -0.39 is 11.5 Å². The van der Waals surface area contributed by atoms with Gasteiger partial charge in [-0.25, -0.2) is 4.98 Å². The quantitative estimate of drug-likeness (QED) is 0.537. The molecular formula is C13H22N2O3S. The maximum atomic E-state index is 11.5. The highest BCUT2D eigenvalue weighted by molar-refractivity contribution is 7.99. The molecule has 0 radical (unpaired) electrons. The molecule has 0 aliphatic carbocycles. The first kappa shape index (κ1) is 16.0. The summed E-state index contributed by atoms with van der Waals surface area (Å²) in [5, 5.41) is 13.3. The average molecular weight is 286 g/mol. The van der Waals surface area contributed by atoms with Crippen molar-refractivity contribution in [3.05, 3.63) is 12.5 Å². The van der Waals surface area contributed by atoms with E-state index in [-0.39, 0.29) is 6.04 Å². The first-order chi connectivity index (χ1) is 9.00. The summed E-state index contributed by atoms with van der Waals surface area (Å²) in [7, 11) is 0. The third-order valence-electron chi connectivity index (χ3n) is 2.96. The monoisotopic (exact) mass is 286 g/mol. The molecule has 1 aromatic rings. The zero-order chi connectivity index (χ0) is 14.3. The van der Waals surface area contributed by atoms with E-state index in [0.29, 0.717) is 18.1 Å². The molecule has 2 N–H and O–H groups in total. The van der Waals surface area contributed by atoms with Crippen LogP contribution in [0.4, 0.5) is 0 Å². The van der Waals surface area contributed by atoms with Crippen molar-refractivity contribution in [1.29, 1.82) is 0 Å². The van der Waals surface area contributed by atoms with Gasteiger partial charge in [0.05, 0.1) is 6.20 Å². The molecule has 1 atom stereocenters. The lowest BCUT2D eigenvalue weighted by Gasteiger charge is -2.31. The Balaban J connectivity index is 2.46. The summed E-state index contributed by atoms with van der Waals surface area (Å²) in [5.74, 6) is 0.0276. The molecule has 1 unspecified atom stereocenters. The minimum absolute atomic E-state index is 0.149. The summed E-state index contributed by atoms with van der Waals surface area (Å²) in [4.78, 5) is 15.5. The van der Waals surface area contributed by atoms with Crippen molar-refractivity contribution in [3.8, 4) is 0 Å². The third-order valence-corrected chi connectivity index (χ3v) is 3.90. The molecule has 19 heavy (non-hydrogen) atoms. The highest BCUT2D eigenvalue weighted by Crippen LogP contribution is 2.23. The number of rotatable bonds is 9. The molecule has 1 heterocycles. The van der Waals surface area contributed by atoms with E-state index in [4.69, 9.17) is 4.42 Å². The number of aromatic nitrogens is 1. The number of hydrogen-bond donors (Lipinski definition) is 2. The predicted octanol–water partition coefficient (Wildman–Crippen LogP) is 2.78. The fourth-order valence-electron chi connectivity index (χ4n) is 2.04. The Morgan fingerprint density at radius 1 is 1.63 bits per heavy atom. The molecule has 0 aromatic carbocycles. The SMILES string of the molecule is CCC(CCCSc1ncco1)(NC(C)C)C(=O)O. The van der Waals surface area contributed by atoms with Gasteiger partial charge in [0, 0.05) is 11.8 Å². The molecule has 5 nitrogen and oxygen atoms in total. The van der Waals surface area contributed by atoms with Crippen LogP contribution in [0.3, 0.4) is 0 Å². The van der Waals surface area contributed by atoms with E-state index >= 15 is 0 Å². The Kier molecular flexibility index (Phi) is 6.37. The fourth-order valence-corrected chi connectivity index (χ4v) is 2.76. The molecule has 1 rings (SSSR count). The summed E-state index contributed by atoms with van der Waals surface area (Å²) < 4.78 is 5.12. The Bertz CT molecular complexity index is 381. The number of thioether (sulfide) groups is 1. The minimum Gasteiger partial charge on any atom is -0.480 e. The molecule has 0 bridgehead atoms. The van der Waals surface area contributed by atoms with Gasteiger partial charge in [-0.15, -0.1) is 0 Å². The van der Waals surface area contributed by atoms with Gasteiger partial charge in [-0.05, 0) is 33.1 Å². The number of hydrogen-bond acceptors (Lipinski definition) is 5. The molecular weight excluding hydrogens is 264 g/mol. The largest absolute Gasteiger partial charge is 0.480 e. The van der Waals surface area contributed by atoms with Crippen molar-refractivity contribution < 1.29 is 14.3 Å². The van der Waals surface area contributed by atoms with Gasteiger partial charge in [-0.2, -0.15) is 0 Å². The number of carboxylic acid groups (broad SMARTS) is 1. The average Bonchev–Trinajstić information content (AvgIpc) is 2.85. The van der Waals surface area contributed by atoms with Crippen LogP contribution in [0.15, 0.2) is 22.1 Å². The Hall–Kier alpha value is -1.01. The molecule has 0 saturated heterocycles. The summed E-state index contributed by atoms with van der Waals surface area (Å²) in [6.45, 7) is 5.84. The predicted molar refractivity (Wildman–Crippen MR) is 75.4 cm³/mol. The van der Waals surface area contributed by atoms with E-state index in [9.17, 15) is 9.90 Å². The normalized spacial score (nSPS) is 14.5. The molecule has 108 valence electrons. The van der Waals surface area contributed by atoms with E-state index in [1.54, 1.807) is 6.20 Å². The van der Waals surface area contributed by atoms with Crippen LogP contribution in [0, 0.1) is 0 Å². The van der Waals surface area contributed by atoms with Crippen LogP contribution in [0.2, 0.25) is 0 Å². The summed E-state index contributed by atoms with van der Waals surface area (Å²) in [6, 6.07) is 0.149. The lowest BCUT2D eigenvalue weighted by atomic mass is 9.90. The number of nitrogens with zero attached hydrogens (tertiary/aromatic N) is 1.